The van der Waals surface area contributed by atoms with E-state index >= 15 is 0 Å². The summed E-state index contributed by atoms with van der Waals surface area (Å²) in [5.41, 5.74) is 2.14. The molecule has 0 spiro atoms. The van der Waals surface area contributed by atoms with E-state index in [1.807, 2.05) is 60.7 Å². The molecule has 2 aliphatic heterocycles. The molecule has 2 saturated carbocycles. The van der Waals surface area contributed by atoms with E-state index in [1.54, 1.807) is 25.7 Å². The molecule has 2 heterocycles. The van der Waals surface area contributed by atoms with Crippen LogP contribution >= 0.6 is 0 Å². The van der Waals surface area contributed by atoms with E-state index < -0.39 is 54.2 Å². The molecule has 14 nitrogen and oxygen atoms in total. The summed E-state index contributed by atoms with van der Waals surface area (Å²) in [6, 6.07) is 14.9. The highest BCUT2D eigenvalue weighted by atomic mass is 16.5. The second-order valence-electron chi connectivity index (χ2n) is 16.2. The number of carbonyl (C=O) groups excluding carboxylic acids is 3. The van der Waals surface area contributed by atoms with Gasteiger partial charge in [-0.1, -0.05) is 73.5 Å². The molecular weight excluding hydrogens is 745 g/mol. The summed E-state index contributed by atoms with van der Waals surface area (Å²) in [6.07, 6.45) is 8.74. The van der Waals surface area contributed by atoms with Crippen molar-refractivity contribution in [1.82, 2.24) is 20.4 Å². The molecule has 4 fully saturated rings. The fraction of sp³-hybridized carbons (Fsp3) is 0.591. The monoisotopic (exact) mass is 804 g/mol. The maximum atomic E-state index is 13.2. The van der Waals surface area contributed by atoms with Crippen molar-refractivity contribution in [1.29, 1.82) is 0 Å². The molecule has 2 aromatic carbocycles. The third-order valence-corrected chi connectivity index (χ3v) is 12.4. The van der Waals surface area contributed by atoms with Crippen molar-refractivity contribution in [3.8, 4) is 0 Å². The minimum atomic E-state index is -1.01. The molecule has 2 saturated heterocycles. The molecule has 316 valence electrons. The highest BCUT2D eigenvalue weighted by molar-refractivity contribution is 5.89. The number of carbonyl (C=O) groups is 6. The predicted molar refractivity (Wildman–Crippen MR) is 215 cm³/mol. The lowest BCUT2D eigenvalue weighted by Crippen LogP contribution is -2.55. The van der Waals surface area contributed by atoms with Gasteiger partial charge in [-0.25, -0.2) is 9.59 Å². The van der Waals surface area contributed by atoms with Gasteiger partial charge in [0.1, 0.15) is 24.2 Å². The Hall–Kier alpha value is -4.82. The summed E-state index contributed by atoms with van der Waals surface area (Å²) in [7, 11) is 0. The van der Waals surface area contributed by atoms with Gasteiger partial charge in [0.2, 0.25) is 11.8 Å². The number of aliphatic carboxylic acids is 3. The van der Waals surface area contributed by atoms with Crippen molar-refractivity contribution >= 4 is 35.7 Å². The topological polar surface area (TPSA) is 203 Å². The second kappa shape index (κ2) is 20.7. The standard InChI is InChI=1S/C23H32N2O5.C21H28N2O5/c1-3-30-23(29)18(13-12-16-8-5-4-6-9-16)24-15(2)21(26)25-19-11-7-10-17(19)14-20(25)22(27)28;1-13(22-16(20(25)26)11-10-14-6-3-2-4-7-14)19(24)23-17-9-5-8-15(17)12-18(23)21(27)28/h4-6,8-9,15,17-20,24H,3,7,10-14H2,1-2H3,(H,27,28);2-4,6-7,13,15-18,22H,5,8-12H2,1H3,(H,25,26)(H,27,28)/t15-,17-,18-,19-,20-;13-,15-,16-,17-,18-/m00/s1. The molecule has 0 bridgehead atoms. The number of aryl methyl sites for hydroxylation is 2. The molecule has 10 atom stereocenters. The first-order valence-corrected chi connectivity index (χ1v) is 20.9. The van der Waals surface area contributed by atoms with Crippen LogP contribution in [0.25, 0.3) is 0 Å². The number of amides is 2. The Balaban J connectivity index is 0.000000221. The Morgan fingerprint density at radius 2 is 1.07 bits per heavy atom. The Bertz CT molecular complexity index is 1730. The maximum absolute atomic E-state index is 13.2. The molecule has 4 aliphatic rings. The van der Waals surface area contributed by atoms with Crippen molar-refractivity contribution in [2.24, 2.45) is 11.8 Å². The average molecular weight is 805 g/mol. The highest BCUT2D eigenvalue weighted by Gasteiger charge is 2.51. The van der Waals surface area contributed by atoms with Gasteiger partial charge in [0, 0.05) is 12.1 Å². The normalized spacial score (nSPS) is 25.4. The van der Waals surface area contributed by atoms with Crippen LogP contribution in [0, 0.1) is 11.8 Å². The first-order valence-electron chi connectivity index (χ1n) is 20.9. The first kappa shape index (κ1) is 44.3. The fourth-order valence-electron chi connectivity index (χ4n) is 9.55. The van der Waals surface area contributed by atoms with Gasteiger partial charge in [0.25, 0.3) is 0 Å². The van der Waals surface area contributed by atoms with Crippen LogP contribution in [0.15, 0.2) is 60.7 Å². The molecule has 2 aromatic rings. The van der Waals surface area contributed by atoms with Crippen LogP contribution in [0.5, 0.6) is 0 Å². The van der Waals surface area contributed by atoms with Crippen molar-refractivity contribution < 1.29 is 48.8 Å². The smallest absolute Gasteiger partial charge is 0.326 e. The van der Waals surface area contributed by atoms with Crippen LogP contribution in [-0.2, 0) is 46.3 Å². The van der Waals surface area contributed by atoms with Crippen LogP contribution in [0.4, 0.5) is 0 Å². The van der Waals surface area contributed by atoms with Crippen molar-refractivity contribution in [2.45, 2.75) is 146 Å². The van der Waals surface area contributed by atoms with Gasteiger partial charge in [0.05, 0.1) is 18.7 Å². The van der Waals surface area contributed by atoms with E-state index in [4.69, 9.17) is 4.74 Å². The summed E-state index contributed by atoms with van der Waals surface area (Å²) in [5, 5.41) is 34.8. The Labute approximate surface area is 340 Å². The Morgan fingerprint density at radius 3 is 1.47 bits per heavy atom. The number of rotatable bonds is 17. The fourth-order valence-corrected chi connectivity index (χ4v) is 9.55. The van der Waals surface area contributed by atoms with Gasteiger partial charge < -0.3 is 29.9 Å². The number of hydrogen-bond acceptors (Lipinski definition) is 9. The number of ether oxygens (including phenoxy) is 1. The largest absolute Gasteiger partial charge is 0.480 e. The van der Waals surface area contributed by atoms with Crippen molar-refractivity contribution in [3.05, 3.63) is 71.8 Å². The summed E-state index contributed by atoms with van der Waals surface area (Å²) < 4.78 is 5.21. The van der Waals surface area contributed by atoms with E-state index in [0.717, 1.165) is 49.7 Å². The first-order chi connectivity index (χ1) is 27.8. The minimum absolute atomic E-state index is 0.00629. The lowest BCUT2D eigenvalue weighted by molar-refractivity contribution is -0.151. The molecular formula is C44H60N4O10. The van der Waals surface area contributed by atoms with Gasteiger partial charge in [-0.2, -0.15) is 0 Å². The molecule has 0 radical (unpaired) electrons. The van der Waals surface area contributed by atoms with Crippen LogP contribution in [0.3, 0.4) is 0 Å². The lowest BCUT2D eigenvalue weighted by atomic mass is 10.0. The van der Waals surface area contributed by atoms with Gasteiger partial charge in [-0.3, -0.25) is 29.8 Å². The van der Waals surface area contributed by atoms with Gasteiger partial charge in [-0.05, 0) is 108 Å². The summed E-state index contributed by atoms with van der Waals surface area (Å²) >= 11 is 0. The Morgan fingerprint density at radius 1 is 0.655 bits per heavy atom. The van der Waals surface area contributed by atoms with Gasteiger partial charge in [0.15, 0.2) is 0 Å². The van der Waals surface area contributed by atoms with Crippen LogP contribution in [0.1, 0.15) is 96.1 Å². The van der Waals surface area contributed by atoms with Crippen molar-refractivity contribution in [2.75, 3.05) is 6.61 Å². The van der Waals surface area contributed by atoms with E-state index in [0.29, 0.717) is 38.5 Å². The molecule has 2 amide bonds. The molecule has 58 heavy (non-hydrogen) atoms. The zero-order valence-corrected chi connectivity index (χ0v) is 33.8. The number of nitrogens with one attached hydrogen (secondary N) is 2. The molecule has 14 heteroatoms. The molecule has 0 aromatic heterocycles. The number of carboxylic acid groups (broad SMARTS) is 3. The van der Waals surface area contributed by atoms with E-state index in [-0.39, 0.29) is 48.3 Å². The number of benzene rings is 2. The number of nitrogens with zero attached hydrogens (tertiary/aromatic N) is 2. The summed E-state index contributed by atoms with van der Waals surface area (Å²) in [4.78, 5) is 76.9. The zero-order chi connectivity index (χ0) is 41.9. The van der Waals surface area contributed by atoms with Crippen LogP contribution in [0.2, 0.25) is 0 Å². The molecule has 6 rings (SSSR count). The third-order valence-electron chi connectivity index (χ3n) is 12.4. The number of carboxylic acids is 3. The maximum Gasteiger partial charge on any atom is 0.326 e. The number of fused-ring (bicyclic) bond motifs is 2. The Kier molecular flexibility index (Phi) is 15.8. The molecule has 2 aliphatic carbocycles. The van der Waals surface area contributed by atoms with Crippen molar-refractivity contribution in [3.63, 3.8) is 0 Å². The summed E-state index contributed by atoms with van der Waals surface area (Å²) in [6.45, 7) is 5.35. The molecule has 0 unspecified atom stereocenters. The van der Waals surface area contributed by atoms with Crippen LogP contribution in [-0.4, -0.2) is 116 Å². The average Bonchev–Trinajstić information content (AvgIpc) is 4.00. The van der Waals surface area contributed by atoms with E-state index in [2.05, 4.69) is 10.6 Å². The number of hydrogen-bond donors (Lipinski definition) is 5. The summed E-state index contributed by atoms with van der Waals surface area (Å²) in [5.74, 6) is -3.37. The quantitative estimate of drug-likeness (QED) is 0.142. The second-order valence-corrected chi connectivity index (χ2v) is 16.2. The lowest BCUT2D eigenvalue weighted by Gasteiger charge is -2.31. The van der Waals surface area contributed by atoms with E-state index in [9.17, 15) is 44.1 Å². The third kappa shape index (κ3) is 11.0. The zero-order valence-electron chi connectivity index (χ0n) is 33.8. The van der Waals surface area contributed by atoms with E-state index in [1.165, 1.54) is 4.90 Å². The van der Waals surface area contributed by atoms with Crippen LogP contribution < -0.4 is 10.6 Å². The SMILES string of the molecule is CCOC(=O)[C@H](CCc1ccccc1)N[C@@H](C)C(=O)N1[C@H](C(=O)O)C[C@@H]2CCC[C@@H]21.C[C@H](N[C@@H](CCc1ccccc1)C(=O)O)C(=O)N1[C@H](C(=O)O)C[C@@H]2CCC[C@@H]21. The van der Waals surface area contributed by atoms with Gasteiger partial charge >= 0.3 is 23.9 Å². The minimum Gasteiger partial charge on any atom is -0.480 e. The highest BCUT2D eigenvalue weighted by Crippen LogP contribution is 2.42. The van der Waals surface area contributed by atoms with Gasteiger partial charge in [-0.15, -0.1) is 0 Å². The number of esters is 1. The predicted octanol–water partition coefficient (Wildman–Crippen LogP) is 4.29. The number of likely N-dealkylation sites (tertiary alicyclic amines) is 2. The molecule has 5 N–H and O–H groups in total.